The molecule has 0 atom stereocenters. The zero-order chi connectivity index (χ0) is 13.9. The Hall–Kier alpha value is -1.11. The van der Waals surface area contributed by atoms with Crippen molar-refractivity contribution in [1.29, 1.82) is 0 Å². The maximum Gasteiger partial charge on any atom is 0.406 e. The molecule has 0 aliphatic heterocycles. The summed E-state index contributed by atoms with van der Waals surface area (Å²) in [6.45, 7) is 1.77. The molecule has 0 saturated heterocycles. The molecule has 1 aromatic rings. The average molecular weight is 325 g/mol. The lowest BCUT2D eigenvalue weighted by molar-refractivity contribution is -0.143. The summed E-state index contributed by atoms with van der Waals surface area (Å²) in [6, 6.07) is 2.59. The first kappa shape index (κ1) is 14.9. The fourth-order valence-electron chi connectivity index (χ4n) is 1.36. The summed E-state index contributed by atoms with van der Waals surface area (Å²) in [4.78, 5) is 16.6. The number of aromatic nitrogens is 1. The van der Waals surface area contributed by atoms with Crippen molar-refractivity contribution in [2.45, 2.75) is 26.1 Å². The van der Waals surface area contributed by atoms with Crippen molar-refractivity contribution < 1.29 is 18.0 Å². The standard InChI is InChI=1S/C11H12BrF3N2O/c1-7(2)17(6-11(13,14)15)10(18)9-8(12)4-3-5-16-9/h3-5,7H,6H2,1-2H3. The molecule has 1 aromatic heterocycles. The number of carbonyl (C=O) groups is 1. The van der Waals surface area contributed by atoms with Gasteiger partial charge in [0.1, 0.15) is 12.2 Å². The summed E-state index contributed by atoms with van der Waals surface area (Å²) < 4.78 is 37.6. The molecule has 3 nitrogen and oxygen atoms in total. The molecule has 1 heterocycles. The van der Waals surface area contributed by atoms with E-state index in [9.17, 15) is 18.0 Å². The molecule has 0 unspecified atom stereocenters. The van der Waals surface area contributed by atoms with E-state index in [1.807, 2.05) is 0 Å². The van der Waals surface area contributed by atoms with Gasteiger partial charge in [-0.1, -0.05) is 0 Å². The lowest BCUT2D eigenvalue weighted by Gasteiger charge is -2.27. The number of hydrogen-bond acceptors (Lipinski definition) is 2. The van der Waals surface area contributed by atoms with Crippen molar-refractivity contribution in [3.63, 3.8) is 0 Å². The van der Waals surface area contributed by atoms with Gasteiger partial charge in [-0.15, -0.1) is 0 Å². The van der Waals surface area contributed by atoms with E-state index in [0.29, 0.717) is 4.47 Å². The Bertz CT molecular complexity index is 435. The second kappa shape index (κ2) is 5.69. The molecular formula is C11H12BrF3N2O. The first-order valence-electron chi connectivity index (χ1n) is 5.20. The monoisotopic (exact) mass is 324 g/mol. The summed E-state index contributed by atoms with van der Waals surface area (Å²) in [7, 11) is 0. The van der Waals surface area contributed by atoms with E-state index < -0.39 is 24.7 Å². The summed E-state index contributed by atoms with van der Waals surface area (Å²) in [5.74, 6) is -0.741. The second-order valence-corrected chi connectivity index (χ2v) is 4.83. The highest BCUT2D eigenvalue weighted by Crippen LogP contribution is 2.22. The van der Waals surface area contributed by atoms with Crippen LogP contribution in [0, 0.1) is 0 Å². The lowest BCUT2D eigenvalue weighted by Crippen LogP contribution is -2.43. The van der Waals surface area contributed by atoms with Crippen LogP contribution in [0.25, 0.3) is 0 Å². The normalized spacial score (nSPS) is 11.7. The summed E-state index contributed by atoms with van der Waals surface area (Å²) in [5, 5.41) is 0. The van der Waals surface area contributed by atoms with Crippen LogP contribution in [-0.4, -0.2) is 34.6 Å². The number of halogens is 4. The Kier molecular flexibility index (Phi) is 4.72. The van der Waals surface area contributed by atoms with Gasteiger partial charge in [0, 0.05) is 16.7 Å². The Morgan fingerprint density at radius 1 is 1.50 bits per heavy atom. The van der Waals surface area contributed by atoms with Gasteiger partial charge in [-0.05, 0) is 41.9 Å². The van der Waals surface area contributed by atoms with Gasteiger partial charge in [0.15, 0.2) is 0 Å². The van der Waals surface area contributed by atoms with E-state index >= 15 is 0 Å². The average Bonchev–Trinajstić information content (AvgIpc) is 2.24. The predicted molar refractivity (Wildman–Crippen MR) is 64.2 cm³/mol. The molecule has 18 heavy (non-hydrogen) atoms. The number of nitrogens with zero attached hydrogens (tertiary/aromatic N) is 2. The number of rotatable bonds is 3. The minimum absolute atomic E-state index is 0.0181. The topological polar surface area (TPSA) is 33.2 Å². The number of pyridine rings is 1. The molecule has 0 aliphatic carbocycles. The molecule has 7 heteroatoms. The molecule has 0 aromatic carbocycles. The van der Waals surface area contributed by atoms with E-state index in [4.69, 9.17) is 0 Å². The zero-order valence-corrected chi connectivity index (χ0v) is 11.4. The number of amides is 1. The van der Waals surface area contributed by atoms with Gasteiger partial charge in [-0.25, -0.2) is 4.98 Å². The van der Waals surface area contributed by atoms with Crippen LogP contribution >= 0.6 is 15.9 Å². The van der Waals surface area contributed by atoms with Crippen LogP contribution in [0.4, 0.5) is 13.2 Å². The molecular weight excluding hydrogens is 313 g/mol. The van der Waals surface area contributed by atoms with E-state index in [2.05, 4.69) is 20.9 Å². The predicted octanol–water partition coefficient (Wildman–Crippen LogP) is 3.26. The Morgan fingerprint density at radius 3 is 2.56 bits per heavy atom. The van der Waals surface area contributed by atoms with E-state index in [0.717, 1.165) is 4.90 Å². The summed E-state index contributed by atoms with van der Waals surface area (Å²) >= 11 is 3.10. The minimum Gasteiger partial charge on any atom is -0.326 e. The fraction of sp³-hybridized carbons (Fsp3) is 0.455. The van der Waals surface area contributed by atoms with Crippen molar-refractivity contribution in [3.05, 3.63) is 28.5 Å². The first-order chi connectivity index (χ1) is 8.22. The van der Waals surface area contributed by atoms with Crippen molar-refractivity contribution in [1.82, 2.24) is 9.88 Å². The quantitative estimate of drug-likeness (QED) is 0.855. The van der Waals surface area contributed by atoms with Crippen LogP contribution in [0.3, 0.4) is 0 Å². The number of alkyl halides is 3. The molecule has 0 fully saturated rings. The SMILES string of the molecule is CC(C)N(CC(F)(F)F)C(=O)c1ncccc1Br. The van der Waals surface area contributed by atoms with Crippen LogP contribution in [0.15, 0.2) is 22.8 Å². The van der Waals surface area contributed by atoms with Gasteiger partial charge in [0.2, 0.25) is 0 Å². The Morgan fingerprint density at radius 2 is 2.11 bits per heavy atom. The summed E-state index contributed by atoms with van der Waals surface area (Å²) in [5.41, 5.74) is -0.0181. The highest BCUT2D eigenvalue weighted by Gasteiger charge is 2.35. The highest BCUT2D eigenvalue weighted by molar-refractivity contribution is 9.10. The number of hydrogen-bond donors (Lipinski definition) is 0. The molecule has 0 radical (unpaired) electrons. The van der Waals surface area contributed by atoms with Gasteiger partial charge >= 0.3 is 6.18 Å². The lowest BCUT2D eigenvalue weighted by atomic mass is 10.2. The van der Waals surface area contributed by atoms with E-state index in [-0.39, 0.29) is 5.69 Å². The minimum atomic E-state index is -4.43. The van der Waals surface area contributed by atoms with Crippen molar-refractivity contribution in [2.75, 3.05) is 6.54 Å². The molecule has 0 N–H and O–H groups in total. The fourth-order valence-corrected chi connectivity index (χ4v) is 1.79. The van der Waals surface area contributed by atoms with Crippen LogP contribution in [0.1, 0.15) is 24.3 Å². The van der Waals surface area contributed by atoms with E-state index in [1.165, 1.54) is 20.0 Å². The molecule has 0 bridgehead atoms. The third kappa shape index (κ3) is 3.97. The van der Waals surface area contributed by atoms with Crippen LogP contribution in [-0.2, 0) is 0 Å². The van der Waals surface area contributed by atoms with Gasteiger partial charge in [0.25, 0.3) is 5.91 Å². The zero-order valence-electron chi connectivity index (χ0n) is 9.83. The third-order valence-corrected chi connectivity index (χ3v) is 2.83. The van der Waals surface area contributed by atoms with Gasteiger partial charge in [0.05, 0.1) is 0 Å². The molecule has 0 spiro atoms. The maximum atomic E-state index is 12.4. The summed E-state index contributed by atoms with van der Waals surface area (Å²) in [6.07, 6.45) is -3.06. The van der Waals surface area contributed by atoms with E-state index in [1.54, 1.807) is 12.1 Å². The molecule has 0 aliphatic rings. The second-order valence-electron chi connectivity index (χ2n) is 3.98. The molecule has 1 rings (SSSR count). The first-order valence-corrected chi connectivity index (χ1v) is 6.00. The van der Waals surface area contributed by atoms with Crippen LogP contribution in [0.5, 0.6) is 0 Å². The molecule has 100 valence electrons. The van der Waals surface area contributed by atoms with Crippen molar-refractivity contribution in [2.24, 2.45) is 0 Å². The Labute approximate surface area is 111 Å². The van der Waals surface area contributed by atoms with Crippen molar-refractivity contribution in [3.8, 4) is 0 Å². The van der Waals surface area contributed by atoms with Crippen LogP contribution in [0.2, 0.25) is 0 Å². The van der Waals surface area contributed by atoms with Crippen molar-refractivity contribution >= 4 is 21.8 Å². The third-order valence-electron chi connectivity index (χ3n) is 2.19. The largest absolute Gasteiger partial charge is 0.406 e. The smallest absolute Gasteiger partial charge is 0.326 e. The van der Waals surface area contributed by atoms with Gasteiger partial charge < -0.3 is 4.90 Å². The molecule has 1 amide bonds. The van der Waals surface area contributed by atoms with Crippen LogP contribution < -0.4 is 0 Å². The van der Waals surface area contributed by atoms with Gasteiger partial charge in [-0.3, -0.25) is 4.79 Å². The molecule has 0 saturated carbocycles. The number of carbonyl (C=O) groups excluding carboxylic acids is 1. The highest BCUT2D eigenvalue weighted by atomic mass is 79.9. The Balaban J connectivity index is 3.01. The van der Waals surface area contributed by atoms with Gasteiger partial charge in [-0.2, -0.15) is 13.2 Å². The maximum absolute atomic E-state index is 12.4.